The summed E-state index contributed by atoms with van der Waals surface area (Å²) in [5.74, 6) is 0.260. The van der Waals surface area contributed by atoms with Gasteiger partial charge in [0.25, 0.3) is 0 Å². The number of rotatable bonds is 4. The van der Waals surface area contributed by atoms with E-state index in [1.807, 2.05) is 12.1 Å². The summed E-state index contributed by atoms with van der Waals surface area (Å²) in [5, 5.41) is 3.29. The Bertz CT molecular complexity index is 590. The zero-order valence-corrected chi connectivity index (χ0v) is 11.3. The van der Waals surface area contributed by atoms with Crippen molar-refractivity contribution in [2.24, 2.45) is 0 Å². The number of methoxy groups -OCH3 is 1. The van der Waals surface area contributed by atoms with Gasteiger partial charge in [-0.2, -0.15) is 0 Å². The molecule has 0 amide bonds. The molecule has 0 aliphatic carbocycles. The standard InChI is InChI=1S/C14H17N3O2/c1-9-5-4-6-11(10(9)2)15-8-13-16-7-12(17-13)14(18)19-3/h4-7,15H,8H2,1-3H3,(H,16,17). The molecule has 2 aromatic rings. The van der Waals surface area contributed by atoms with Gasteiger partial charge in [-0.3, -0.25) is 0 Å². The van der Waals surface area contributed by atoms with Gasteiger partial charge in [-0.25, -0.2) is 9.78 Å². The number of hydrogen-bond donors (Lipinski definition) is 2. The molecule has 0 fully saturated rings. The first-order chi connectivity index (χ1) is 9.11. The molecule has 5 heteroatoms. The number of aryl methyl sites for hydroxylation is 1. The van der Waals surface area contributed by atoms with Crippen LogP contribution >= 0.6 is 0 Å². The van der Waals surface area contributed by atoms with Crippen molar-refractivity contribution in [3.8, 4) is 0 Å². The zero-order valence-electron chi connectivity index (χ0n) is 11.3. The summed E-state index contributed by atoms with van der Waals surface area (Å²) in [5.41, 5.74) is 3.80. The lowest BCUT2D eigenvalue weighted by molar-refractivity contribution is 0.0594. The lowest BCUT2D eigenvalue weighted by Gasteiger charge is -2.09. The summed E-state index contributed by atoms with van der Waals surface area (Å²) in [6, 6.07) is 6.10. The van der Waals surface area contributed by atoms with Crippen LogP contribution < -0.4 is 5.32 Å². The summed E-state index contributed by atoms with van der Waals surface area (Å²) in [7, 11) is 1.34. The van der Waals surface area contributed by atoms with E-state index in [-0.39, 0.29) is 0 Å². The number of H-pyrrole nitrogens is 1. The van der Waals surface area contributed by atoms with E-state index in [0.29, 0.717) is 18.1 Å². The van der Waals surface area contributed by atoms with Gasteiger partial charge in [0.1, 0.15) is 5.82 Å². The predicted octanol–water partition coefficient (Wildman–Crippen LogP) is 2.43. The smallest absolute Gasteiger partial charge is 0.358 e. The molecule has 5 nitrogen and oxygen atoms in total. The van der Waals surface area contributed by atoms with Crippen molar-refractivity contribution in [3.05, 3.63) is 47.0 Å². The minimum atomic E-state index is -0.436. The summed E-state index contributed by atoms with van der Waals surface area (Å²) in [6.07, 6.45) is 1.55. The maximum Gasteiger partial charge on any atom is 0.358 e. The second kappa shape index (κ2) is 5.56. The number of esters is 1. The number of ether oxygens (including phenoxy) is 1. The molecule has 0 atom stereocenters. The Labute approximate surface area is 112 Å². The number of hydrogen-bond acceptors (Lipinski definition) is 4. The molecule has 0 bridgehead atoms. The van der Waals surface area contributed by atoms with Crippen LogP contribution in [0.15, 0.2) is 24.4 Å². The van der Waals surface area contributed by atoms with Crippen LogP contribution in [0.5, 0.6) is 0 Å². The molecule has 1 aromatic carbocycles. The SMILES string of the molecule is COC(=O)c1c[nH]c(CNc2cccc(C)c2C)n1. The van der Waals surface area contributed by atoms with Gasteiger partial charge in [0.15, 0.2) is 5.69 Å². The Morgan fingerprint density at radius 3 is 2.95 bits per heavy atom. The van der Waals surface area contributed by atoms with Gasteiger partial charge in [-0.05, 0) is 31.0 Å². The number of benzene rings is 1. The second-order valence-corrected chi connectivity index (χ2v) is 4.33. The van der Waals surface area contributed by atoms with Gasteiger partial charge in [0.2, 0.25) is 0 Å². The Balaban J connectivity index is 2.04. The third kappa shape index (κ3) is 2.93. The van der Waals surface area contributed by atoms with Crippen LogP contribution in [0, 0.1) is 13.8 Å². The van der Waals surface area contributed by atoms with Gasteiger partial charge in [0.05, 0.1) is 13.7 Å². The summed E-state index contributed by atoms with van der Waals surface area (Å²) >= 11 is 0. The predicted molar refractivity (Wildman–Crippen MR) is 73.2 cm³/mol. The average molecular weight is 259 g/mol. The van der Waals surface area contributed by atoms with Crippen molar-refractivity contribution in [1.82, 2.24) is 9.97 Å². The molecule has 0 saturated carbocycles. The minimum absolute atomic E-state index is 0.292. The zero-order chi connectivity index (χ0) is 13.8. The van der Waals surface area contributed by atoms with Gasteiger partial charge in [0, 0.05) is 11.9 Å². The van der Waals surface area contributed by atoms with Crippen LogP contribution in [0.4, 0.5) is 5.69 Å². The number of aromatic amines is 1. The average Bonchev–Trinajstić information content (AvgIpc) is 2.88. The molecule has 0 aliphatic rings. The molecule has 0 unspecified atom stereocenters. The van der Waals surface area contributed by atoms with Crippen molar-refractivity contribution in [3.63, 3.8) is 0 Å². The number of nitrogens with one attached hydrogen (secondary N) is 2. The summed E-state index contributed by atoms with van der Waals surface area (Å²) < 4.78 is 4.61. The third-order valence-corrected chi connectivity index (χ3v) is 3.08. The van der Waals surface area contributed by atoms with E-state index in [0.717, 1.165) is 5.69 Å². The highest BCUT2D eigenvalue weighted by Crippen LogP contribution is 2.18. The van der Waals surface area contributed by atoms with E-state index in [1.54, 1.807) is 6.20 Å². The highest BCUT2D eigenvalue weighted by molar-refractivity contribution is 5.86. The van der Waals surface area contributed by atoms with Crippen LogP contribution in [-0.4, -0.2) is 23.0 Å². The third-order valence-electron chi connectivity index (χ3n) is 3.08. The van der Waals surface area contributed by atoms with Crippen molar-refractivity contribution >= 4 is 11.7 Å². The molecule has 2 N–H and O–H groups in total. The molecule has 0 saturated heterocycles. The number of nitrogens with zero attached hydrogens (tertiary/aromatic N) is 1. The van der Waals surface area contributed by atoms with Crippen molar-refractivity contribution in [2.75, 3.05) is 12.4 Å². The molecule has 1 heterocycles. The maximum absolute atomic E-state index is 11.3. The van der Waals surface area contributed by atoms with E-state index in [1.165, 1.54) is 18.2 Å². The fourth-order valence-electron chi connectivity index (χ4n) is 1.78. The summed E-state index contributed by atoms with van der Waals surface area (Å²) in [4.78, 5) is 18.4. The van der Waals surface area contributed by atoms with E-state index < -0.39 is 5.97 Å². The quantitative estimate of drug-likeness (QED) is 0.827. The normalized spacial score (nSPS) is 10.3. The van der Waals surface area contributed by atoms with Crippen molar-refractivity contribution in [1.29, 1.82) is 0 Å². The van der Waals surface area contributed by atoms with Gasteiger partial charge >= 0.3 is 5.97 Å². The van der Waals surface area contributed by atoms with Crippen LogP contribution in [-0.2, 0) is 11.3 Å². The summed E-state index contributed by atoms with van der Waals surface area (Å²) in [6.45, 7) is 4.67. The van der Waals surface area contributed by atoms with E-state index in [2.05, 4.69) is 39.9 Å². The van der Waals surface area contributed by atoms with Crippen LogP contribution in [0.25, 0.3) is 0 Å². The second-order valence-electron chi connectivity index (χ2n) is 4.33. The van der Waals surface area contributed by atoms with Gasteiger partial charge in [-0.15, -0.1) is 0 Å². The van der Waals surface area contributed by atoms with E-state index in [9.17, 15) is 4.79 Å². The highest BCUT2D eigenvalue weighted by Gasteiger charge is 2.10. The molecule has 2 rings (SSSR count). The number of imidazole rings is 1. The van der Waals surface area contributed by atoms with Crippen LogP contribution in [0.1, 0.15) is 27.4 Å². The van der Waals surface area contributed by atoms with Gasteiger partial charge < -0.3 is 15.0 Å². The monoisotopic (exact) mass is 259 g/mol. The molecule has 100 valence electrons. The number of anilines is 1. The Hall–Kier alpha value is -2.30. The first-order valence-corrected chi connectivity index (χ1v) is 6.04. The Morgan fingerprint density at radius 2 is 2.21 bits per heavy atom. The van der Waals surface area contributed by atoms with Gasteiger partial charge in [-0.1, -0.05) is 12.1 Å². The number of aromatic nitrogens is 2. The molecule has 0 spiro atoms. The highest BCUT2D eigenvalue weighted by atomic mass is 16.5. The Morgan fingerprint density at radius 1 is 1.42 bits per heavy atom. The minimum Gasteiger partial charge on any atom is -0.464 e. The molecule has 1 aromatic heterocycles. The van der Waals surface area contributed by atoms with E-state index >= 15 is 0 Å². The van der Waals surface area contributed by atoms with Crippen molar-refractivity contribution in [2.45, 2.75) is 20.4 Å². The number of carbonyl (C=O) groups excluding carboxylic acids is 1. The topological polar surface area (TPSA) is 67.0 Å². The molecule has 0 aliphatic heterocycles. The largest absolute Gasteiger partial charge is 0.464 e. The lowest BCUT2D eigenvalue weighted by atomic mass is 10.1. The number of carbonyl (C=O) groups is 1. The Kier molecular flexibility index (Phi) is 3.85. The van der Waals surface area contributed by atoms with E-state index in [4.69, 9.17) is 0 Å². The van der Waals surface area contributed by atoms with Crippen molar-refractivity contribution < 1.29 is 9.53 Å². The molecular weight excluding hydrogens is 242 g/mol. The lowest BCUT2D eigenvalue weighted by Crippen LogP contribution is -2.05. The molecule has 0 radical (unpaired) electrons. The maximum atomic E-state index is 11.3. The molecule has 19 heavy (non-hydrogen) atoms. The van der Waals surface area contributed by atoms with Crippen LogP contribution in [0.2, 0.25) is 0 Å². The molecular formula is C14H17N3O2. The first-order valence-electron chi connectivity index (χ1n) is 6.04. The fourth-order valence-corrected chi connectivity index (χ4v) is 1.78. The van der Waals surface area contributed by atoms with Crippen LogP contribution in [0.3, 0.4) is 0 Å². The fraction of sp³-hybridized carbons (Fsp3) is 0.286. The first kappa shape index (κ1) is 13.1.